The minimum Gasteiger partial charge on any atom is -0.392 e. The highest BCUT2D eigenvalue weighted by Gasteiger charge is 2.09. The van der Waals surface area contributed by atoms with Gasteiger partial charge >= 0.3 is 0 Å². The molecule has 0 heterocycles. The van der Waals surface area contributed by atoms with E-state index in [4.69, 9.17) is 23.2 Å². The maximum absolute atomic E-state index is 13.0. The molecule has 0 radical (unpaired) electrons. The Bertz CT molecular complexity index is 572. The van der Waals surface area contributed by atoms with E-state index in [1.165, 1.54) is 12.1 Å². The van der Waals surface area contributed by atoms with Crippen LogP contribution in [0.4, 0.5) is 4.39 Å². The first kappa shape index (κ1) is 14.3. The van der Waals surface area contributed by atoms with Gasteiger partial charge in [-0.25, -0.2) is 4.39 Å². The van der Waals surface area contributed by atoms with Crippen molar-refractivity contribution in [1.29, 1.82) is 0 Å². The lowest BCUT2D eigenvalue weighted by molar-refractivity contribution is 0.175. The van der Waals surface area contributed by atoms with Gasteiger partial charge in [-0.2, -0.15) is 0 Å². The van der Waals surface area contributed by atoms with Crippen LogP contribution in [-0.4, -0.2) is 11.2 Å². The number of benzene rings is 2. The number of rotatable bonds is 4. The van der Waals surface area contributed by atoms with Crippen molar-refractivity contribution in [1.82, 2.24) is 0 Å². The highest BCUT2D eigenvalue weighted by molar-refractivity contribution is 6.31. The molecule has 1 unspecified atom stereocenters. The summed E-state index contributed by atoms with van der Waals surface area (Å²) in [6.45, 7) is 0. The molecule has 0 saturated carbocycles. The molecule has 0 aromatic heterocycles. The summed E-state index contributed by atoms with van der Waals surface area (Å²) in [7, 11) is 0. The van der Waals surface area contributed by atoms with Crippen LogP contribution in [0.25, 0.3) is 0 Å². The molecule has 2 aromatic rings. The summed E-state index contributed by atoms with van der Waals surface area (Å²) in [5, 5.41) is 10.8. The van der Waals surface area contributed by atoms with E-state index in [-0.39, 0.29) is 5.02 Å². The van der Waals surface area contributed by atoms with Crippen molar-refractivity contribution in [2.75, 3.05) is 0 Å². The smallest absolute Gasteiger partial charge is 0.141 e. The summed E-state index contributed by atoms with van der Waals surface area (Å²) in [5.74, 6) is -0.449. The van der Waals surface area contributed by atoms with Crippen LogP contribution in [0, 0.1) is 5.82 Å². The van der Waals surface area contributed by atoms with Crippen molar-refractivity contribution < 1.29 is 9.50 Å². The van der Waals surface area contributed by atoms with Gasteiger partial charge in [0.2, 0.25) is 0 Å². The summed E-state index contributed by atoms with van der Waals surface area (Å²) in [4.78, 5) is 0. The lowest BCUT2D eigenvalue weighted by Crippen LogP contribution is -2.14. The highest BCUT2D eigenvalue weighted by Crippen LogP contribution is 2.18. The molecule has 0 saturated heterocycles. The highest BCUT2D eigenvalue weighted by atomic mass is 35.5. The normalized spacial score (nSPS) is 12.4. The summed E-state index contributed by atoms with van der Waals surface area (Å²) >= 11 is 11.6. The van der Waals surface area contributed by atoms with Gasteiger partial charge in [0.15, 0.2) is 0 Å². The van der Waals surface area contributed by atoms with Crippen molar-refractivity contribution in [3.05, 3.63) is 69.5 Å². The Morgan fingerprint density at radius 1 is 1.00 bits per heavy atom. The number of aliphatic hydroxyl groups is 1. The van der Waals surface area contributed by atoms with Crippen LogP contribution >= 0.6 is 23.2 Å². The summed E-state index contributed by atoms with van der Waals surface area (Å²) < 4.78 is 13.0. The minimum atomic E-state index is -0.556. The van der Waals surface area contributed by atoms with Crippen LogP contribution in [0.2, 0.25) is 10.0 Å². The van der Waals surface area contributed by atoms with Crippen LogP contribution in [0.3, 0.4) is 0 Å². The molecule has 100 valence electrons. The molecule has 1 N–H and O–H groups in total. The summed E-state index contributed by atoms with van der Waals surface area (Å²) in [6, 6.07) is 11.8. The molecule has 0 spiro atoms. The van der Waals surface area contributed by atoms with Gasteiger partial charge in [0.05, 0.1) is 11.1 Å². The molecule has 1 nitrogen and oxygen atoms in total. The van der Waals surface area contributed by atoms with Crippen molar-refractivity contribution >= 4 is 23.2 Å². The van der Waals surface area contributed by atoms with E-state index in [0.717, 1.165) is 11.1 Å². The van der Waals surface area contributed by atoms with Crippen LogP contribution in [0.5, 0.6) is 0 Å². The SMILES string of the molecule is OC(Cc1cccc(Cl)c1)Cc1ccc(F)c(Cl)c1. The molecular formula is C15H13Cl2FO. The van der Waals surface area contributed by atoms with Gasteiger partial charge in [-0.1, -0.05) is 41.4 Å². The van der Waals surface area contributed by atoms with E-state index in [9.17, 15) is 9.50 Å². The van der Waals surface area contributed by atoms with Crippen molar-refractivity contribution in [2.45, 2.75) is 18.9 Å². The Balaban J connectivity index is 2.01. The third kappa shape index (κ3) is 4.20. The second kappa shape index (κ2) is 6.38. The van der Waals surface area contributed by atoms with E-state index < -0.39 is 11.9 Å². The van der Waals surface area contributed by atoms with Crippen molar-refractivity contribution in [2.24, 2.45) is 0 Å². The molecule has 4 heteroatoms. The van der Waals surface area contributed by atoms with Gasteiger partial charge in [-0.05, 0) is 48.2 Å². The fraction of sp³-hybridized carbons (Fsp3) is 0.200. The maximum atomic E-state index is 13.0. The van der Waals surface area contributed by atoms with E-state index in [0.29, 0.717) is 17.9 Å². The Morgan fingerprint density at radius 3 is 2.32 bits per heavy atom. The third-order valence-corrected chi connectivity index (χ3v) is 3.34. The molecule has 0 amide bonds. The molecule has 2 aromatic carbocycles. The summed E-state index contributed by atoms with van der Waals surface area (Å²) in [6.07, 6.45) is 0.363. The van der Waals surface area contributed by atoms with Gasteiger partial charge in [0, 0.05) is 5.02 Å². The van der Waals surface area contributed by atoms with Gasteiger partial charge in [0.25, 0.3) is 0 Å². The zero-order valence-electron chi connectivity index (χ0n) is 10.1. The number of hydrogen-bond acceptors (Lipinski definition) is 1. The second-order valence-electron chi connectivity index (χ2n) is 4.44. The fourth-order valence-electron chi connectivity index (χ4n) is 1.95. The van der Waals surface area contributed by atoms with Gasteiger partial charge in [0.1, 0.15) is 5.82 Å². The zero-order valence-corrected chi connectivity index (χ0v) is 11.6. The molecule has 0 fully saturated rings. The molecule has 0 aliphatic heterocycles. The van der Waals surface area contributed by atoms with E-state index in [1.807, 2.05) is 18.2 Å². The standard InChI is InChI=1S/C15H13Cl2FO/c16-12-3-1-2-10(6-12)7-13(19)8-11-4-5-15(18)14(17)9-11/h1-6,9,13,19H,7-8H2. The molecular weight excluding hydrogens is 286 g/mol. The van der Waals surface area contributed by atoms with E-state index in [2.05, 4.69) is 0 Å². The lowest BCUT2D eigenvalue weighted by Gasteiger charge is -2.11. The van der Waals surface area contributed by atoms with Crippen LogP contribution in [0.1, 0.15) is 11.1 Å². The van der Waals surface area contributed by atoms with E-state index in [1.54, 1.807) is 12.1 Å². The van der Waals surface area contributed by atoms with Gasteiger partial charge in [-0.15, -0.1) is 0 Å². The predicted molar refractivity (Wildman–Crippen MR) is 76.3 cm³/mol. The van der Waals surface area contributed by atoms with Crippen LogP contribution < -0.4 is 0 Å². The quantitative estimate of drug-likeness (QED) is 0.893. The minimum absolute atomic E-state index is 0.0763. The zero-order chi connectivity index (χ0) is 13.8. The Hall–Kier alpha value is -1.09. The summed E-state index contributed by atoms with van der Waals surface area (Å²) in [5.41, 5.74) is 1.77. The molecule has 0 bridgehead atoms. The lowest BCUT2D eigenvalue weighted by atomic mass is 10.0. The number of aliphatic hydroxyl groups excluding tert-OH is 1. The topological polar surface area (TPSA) is 20.2 Å². The van der Waals surface area contributed by atoms with Crippen molar-refractivity contribution in [3.8, 4) is 0 Å². The number of halogens is 3. The fourth-order valence-corrected chi connectivity index (χ4v) is 2.36. The predicted octanol–water partition coefficient (Wildman–Crippen LogP) is 4.28. The van der Waals surface area contributed by atoms with Gasteiger partial charge < -0.3 is 5.11 Å². The van der Waals surface area contributed by atoms with Crippen LogP contribution in [0.15, 0.2) is 42.5 Å². The molecule has 0 aliphatic carbocycles. The molecule has 2 rings (SSSR count). The Morgan fingerprint density at radius 2 is 1.68 bits per heavy atom. The van der Waals surface area contributed by atoms with Crippen molar-refractivity contribution in [3.63, 3.8) is 0 Å². The second-order valence-corrected chi connectivity index (χ2v) is 5.28. The molecule has 1 atom stereocenters. The molecule has 0 aliphatic rings. The Labute approximate surface area is 121 Å². The monoisotopic (exact) mass is 298 g/mol. The van der Waals surface area contributed by atoms with Crippen LogP contribution in [-0.2, 0) is 12.8 Å². The first-order valence-corrected chi connectivity index (χ1v) is 6.66. The maximum Gasteiger partial charge on any atom is 0.141 e. The Kier molecular flexibility index (Phi) is 4.81. The van der Waals surface area contributed by atoms with E-state index >= 15 is 0 Å². The average Bonchev–Trinajstić information content (AvgIpc) is 2.34. The third-order valence-electron chi connectivity index (χ3n) is 2.82. The first-order chi connectivity index (χ1) is 9.04. The first-order valence-electron chi connectivity index (χ1n) is 5.91. The average molecular weight is 299 g/mol. The largest absolute Gasteiger partial charge is 0.392 e. The number of hydrogen-bond donors (Lipinski definition) is 1. The van der Waals surface area contributed by atoms with Gasteiger partial charge in [-0.3, -0.25) is 0 Å². The molecule has 19 heavy (non-hydrogen) atoms.